The first kappa shape index (κ1) is 16.5. The van der Waals surface area contributed by atoms with Crippen LogP contribution in [-0.4, -0.2) is 24.9 Å². The molecule has 0 aliphatic heterocycles. The molecule has 4 heterocycles. The Morgan fingerprint density at radius 2 is 1.81 bits per heavy atom. The van der Waals surface area contributed by atoms with Crippen LogP contribution in [0.15, 0.2) is 55.1 Å². The quantitative estimate of drug-likeness (QED) is 0.379. The summed E-state index contributed by atoms with van der Waals surface area (Å²) in [7, 11) is 0. The molecule has 0 saturated heterocycles. The minimum Gasteiger partial charge on any atom is -0.346 e. The third-order valence-electron chi connectivity index (χ3n) is 4.22. The Kier molecular flexibility index (Phi) is 3.97. The maximum absolute atomic E-state index is 6.46. The molecule has 4 aromatic heterocycles. The van der Waals surface area contributed by atoms with Gasteiger partial charge in [0.25, 0.3) is 0 Å². The van der Waals surface area contributed by atoms with Gasteiger partial charge in [0, 0.05) is 46.3 Å². The van der Waals surface area contributed by atoms with Gasteiger partial charge in [0.05, 0.1) is 15.6 Å². The highest BCUT2D eigenvalue weighted by molar-refractivity contribution is 7.19. The van der Waals surface area contributed by atoms with Crippen molar-refractivity contribution < 1.29 is 0 Å². The Balaban J connectivity index is 1.77. The van der Waals surface area contributed by atoms with Crippen LogP contribution in [0.25, 0.3) is 43.6 Å². The summed E-state index contributed by atoms with van der Waals surface area (Å²) in [5, 5.41) is 3.02. The molecular formula is C19H11Cl2N5S. The van der Waals surface area contributed by atoms with Gasteiger partial charge in [-0.3, -0.25) is 0 Å². The lowest BCUT2D eigenvalue weighted by molar-refractivity contribution is 1.31. The summed E-state index contributed by atoms with van der Waals surface area (Å²) in [6.07, 6.45) is 7.16. The monoisotopic (exact) mass is 411 g/mol. The van der Waals surface area contributed by atoms with E-state index in [9.17, 15) is 0 Å². The molecule has 5 aromatic rings. The van der Waals surface area contributed by atoms with Gasteiger partial charge < -0.3 is 9.97 Å². The van der Waals surface area contributed by atoms with Crippen LogP contribution >= 0.6 is 34.5 Å². The summed E-state index contributed by atoms with van der Waals surface area (Å²) >= 11 is 14.1. The number of rotatable bonds is 3. The van der Waals surface area contributed by atoms with Crippen molar-refractivity contribution in [3.63, 3.8) is 0 Å². The first-order valence-electron chi connectivity index (χ1n) is 8.09. The fourth-order valence-corrected chi connectivity index (χ4v) is 4.57. The molecule has 0 aliphatic rings. The Morgan fingerprint density at radius 1 is 0.889 bits per heavy atom. The molecular weight excluding hydrogens is 401 g/mol. The predicted octanol–water partition coefficient (Wildman–Crippen LogP) is 6.05. The number of hydrogen-bond acceptors (Lipinski definition) is 4. The summed E-state index contributed by atoms with van der Waals surface area (Å²) in [5.41, 5.74) is 3.42. The summed E-state index contributed by atoms with van der Waals surface area (Å²) in [4.78, 5) is 20.9. The Morgan fingerprint density at radius 3 is 2.63 bits per heavy atom. The van der Waals surface area contributed by atoms with Crippen LogP contribution < -0.4 is 0 Å². The molecule has 0 bridgehead atoms. The number of benzene rings is 1. The fraction of sp³-hybridized carbons (Fsp3) is 0. The van der Waals surface area contributed by atoms with Crippen molar-refractivity contribution >= 4 is 45.6 Å². The molecule has 5 rings (SSSR count). The van der Waals surface area contributed by atoms with E-state index in [1.165, 1.54) is 0 Å². The van der Waals surface area contributed by atoms with Crippen molar-refractivity contribution in [1.82, 2.24) is 24.9 Å². The third-order valence-corrected chi connectivity index (χ3v) is 5.86. The third kappa shape index (κ3) is 2.82. The van der Waals surface area contributed by atoms with E-state index in [4.69, 9.17) is 28.2 Å². The number of fused-ring (bicyclic) bond motifs is 1. The van der Waals surface area contributed by atoms with E-state index in [0.717, 1.165) is 43.6 Å². The van der Waals surface area contributed by atoms with Crippen LogP contribution in [0.3, 0.4) is 0 Å². The fourth-order valence-electron chi connectivity index (χ4n) is 3.00. The average Bonchev–Trinajstić information content (AvgIpc) is 3.40. The number of thiazole rings is 1. The van der Waals surface area contributed by atoms with E-state index in [1.807, 2.05) is 30.5 Å². The summed E-state index contributed by atoms with van der Waals surface area (Å²) in [5.74, 6) is 0.749. The molecule has 0 unspecified atom stereocenters. The minimum atomic E-state index is 0.550. The van der Waals surface area contributed by atoms with Crippen LogP contribution in [0.1, 0.15) is 0 Å². The first-order chi connectivity index (χ1) is 13.2. The topological polar surface area (TPSA) is 70.2 Å². The number of nitrogens with one attached hydrogen (secondary N) is 2. The first-order valence-corrected chi connectivity index (χ1v) is 9.66. The Bertz CT molecular complexity index is 1260. The number of halogens is 2. The standard InChI is InChI=1S/C19H11Cl2N5S/c20-10-1-2-13(14(21)9-10)15-16(18-24-7-8-25-18)27-19(26-15)12-4-6-23-17-11(12)3-5-22-17/h1-9H,(H,22,23)(H,24,25). The van der Waals surface area contributed by atoms with Crippen LogP contribution in [0.2, 0.25) is 10.0 Å². The van der Waals surface area contributed by atoms with Gasteiger partial charge in [-0.1, -0.05) is 23.2 Å². The number of pyridine rings is 1. The van der Waals surface area contributed by atoms with Gasteiger partial charge in [0.2, 0.25) is 0 Å². The summed E-state index contributed by atoms with van der Waals surface area (Å²) in [6, 6.07) is 9.38. The zero-order chi connectivity index (χ0) is 18.4. The maximum Gasteiger partial charge on any atom is 0.149 e. The van der Waals surface area contributed by atoms with E-state index in [0.29, 0.717) is 10.0 Å². The molecule has 0 spiro atoms. The van der Waals surface area contributed by atoms with Gasteiger partial charge in [-0.2, -0.15) is 0 Å². The van der Waals surface area contributed by atoms with Crippen molar-refractivity contribution in [1.29, 1.82) is 0 Å². The molecule has 0 fully saturated rings. The molecule has 1 aromatic carbocycles. The van der Waals surface area contributed by atoms with Crippen LogP contribution in [0.4, 0.5) is 0 Å². The lowest BCUT2D eigenvalue weighted by Gasteiger charge is -2.04. The van der Waals surface area contributed by atoms with Gasteiger partial charge in [-0.15, -0.1) is 11.3 Å². The van der Waals surface area contributed by atoms with Crippen molar-refractivity contribution in [2.45, 2.75) is 0 Å². The SMILES string of the molecule is Clc1ccc(-c2nc(-c3ccnc4[nH]ccc34)sc2-c2ncc[nH]2)c(Cl)c1. The van der Waals surface area contributed by atoms with Crippen molar-refractivity contribution in [3.05, 3.63) is 65.2 Å². The van der Waals surface area contributed by atoms with Crippen molar-refractivity contribution in [3.8, 4) is 32.5 Å². The molecule has 0 aliphatic carbocycles. The lowest BCUT2D eigenvalue weighted by Crippen LogP contribution is -1.86. The van der Waals surface area contributed by atoms with Gasteiger partial charge in [0.1, 0.15) is 16.5 Å². The van der Waals surface area contributed by atoms with Gasteiger partial charge in [-0.25, -0.2) is 15.0 Å². The molecule has 0 saturated carbocycles. The van der Waals surface area contributed by atoms with E-state index in [1.54, 1.807) is 36.0 Å². The Labute approximate surface area is 168 Å². The van der Waals surface area contributed by atoms with Crippen LogP contribution in [-0.2, 0) is 0 Å². The smallest absolute Gasteiger partial charge is 0.149 e. The number of imidazole rings is 1. The molecule has 132 valence electrons. The van der Waals surface area contributed by atoms with E-state index >= 15 is 0 Å². The molecule has 0 amide bonds. The summed E-state index contributed by atoms with van der Waals surface area (Å²) in [6.45, 7) is 0. The highest BCUT2D eigenvalue weighted by Gasteiger charge is 2.20. The minimum absolute atomic E-state index is 0.550. The lowest BCUT2D eigenvalue weighted by atomic mass is 10.1. The number of nitrogens with zero attached hydrogens (tertiary/aromatic N) is 3. The zero-order valence-electron chi connectivity index (χ0n) is 13.7. The zero-order valence-corrected chi connectivity index (χ0v) is 16.0. The second kappa shape index (κ2) is 6.49. The van der Waals surface area contributed by atoms with Gasteiger partial charge in [-0.05, 0) is 30.3 Å². The number of aromatic nitrogens is 5. The second-order valence-corrected chi connectivity index (χ2v) is 7.70. The number of H-pyrrole nitrogens is 2. The van der Waals surface area contributed by atoms with Crippen molar-refractivity contribution in [2.24, 2.45) is 0 Å². The normalized spacial score (nSPS) is 11.3. The van der Waals surface area contributed by atoms with Gasteiger partial charge >= 0.3 is 0 Å². The van der Waals surface area contributed by atoms with E-state index in [-0.39, 0.29) is 0 Å². The second-order valence-electron chi connectivity index (χ2n) is 5.86. The highest BCUT2D eigenvalue weighted by Crippen LogP contribution is 2.43. The number of aromatic amines is 2. The maximum atomic E-state index is 6.46. The average molecular weight is 412 g/mol. The molecule has 8 heteroatoms. The molecule has 27 heavy (non-hydrogen) atoms. The van der Waals surface area contributed by atoms with Crippen LogP contribution in [0, 0.1) is 0 Å². The molecule has 2 N–H and O–H groups in total. The van der Waals surface area contributed by atoms with Crippen molar-refractivity contribution in [2.75, 3.05) is 0 Å². The van der Waals surface area contributed by atoms with Gasteiger partial charge in [0.15, 0.2) is 0 Å². The number of hydrogen-bond donors (Lipinski definition) is 2. The largest absolute Gasteiger partial charge is 0.346 e. The van der Waals surface area contributed by atoms with Crippen LogP contribution in [0.5, 0.6) is 0 Å². The molecule has 0 radical (unpaired) electrons. The molecule has 5 nitrogen and oxygen atoms in total. The van der Waals surface area contributed by atoms with E-state index in [2.05, 4.69) is 19.9 Å². The van der Waals surface area contributed by atoms with E-state index < -0.39 is 0 Å². The predicted molar refractivity (Wildman–Crippen MR) is 110 cm³/mol. The highest BCUT2D eigenvalue weighted by atomic mass is 35.5. The summed E-state index contributed by atoms with van der Waals surface area (Å²) < 4.78 is 0. The Hall–Kier alpha value is -2.67. The molecule has 0 atom stereocenters.